The Balaban J connectivity index is 3.54. The van der Waals surface area contributed by atoms with E-state index in [-0.39, 0.29) is 0 Å². The number of hydrogen-bond donors (Lipinski definition) is 3. The highest BCUT2D eigenvalue weighted by Gasteiger charge is 2.07. The summed E-state index contributed by atoms with van der Waals surface area (Å²) in [4.78, 5) is 27.7. The third-order valence-electron chi connectivity index (χ3n) is 2.45. The van der Waals surface area contributed by atoms with Crippen LogP contribution in [-0.2, 0) is 9.63 Å². The number of carbonyl (C=O) groups excluding carboxylic acids is 1. The quantitative estimate of drug-likeness (QED) is 0.526. The smallest absolute Gasteiger partial charge is 0.338 e. The molecule has 0 aliphatic rings. The molecule has 3 N–H and O–H groups in total. The van der Waals surface area contributed by atoms with E-state index in [4.69, 9.17) is 5.11 Å². The van der Waals surface area contributed by atoms with E-state index in [0.717, 1.165) is 13.0 Å². The molecule has 0 aliphatic carbocycles. The second kappa shape index (κ2) is 8.77. The van der Waals surface area contributed by atoms with Gasteiger partial charge in [-0.3, -0.25) is 4.84 Å². The van der Waals surface area contributed by atoms with Gasteiger partial charge in [0.05, 0.1) is 0 Å². The van der Waals surface area contributed by atoms with Gasteiger partial charge in [-0.1, -0.05) is 6.92 Å². The first-order valence-corrected chi connectivity index (χ1v) is 5.55. The van der Waals surface area contributed by atoms with Crippen LogP contribution in [0, 0.1) is 0 Å². The molecule has 0 radical (unpaired) electrons. The molecule has 0 aromatic rings. The van der Waals surface area contributed by atoms with Crippen molar-refractivity contribution >= 4 is 12.0 Å². The number of likely N-dealkylation sites (N-methyl/N-ethyl adjacent to an activating group) is 1. The summed E-state index contributed by atoms with van der Waals surface area (Å²) in [6.45, 7) is 4.85. The van der Waals surface area contributed by atoms with Gasteiger partial charge in [0.2, 0.25) is 0 Å². The third-order valence-corrected chi connectivity index (χ3v) is 2.45. The van der Waals surface area contributed by atoms with Gasteiger partial charge in [0, 0.05) is 19.1 Å². The first-order chi connectivity index (χ1) is 7.97. The van der Waals surface area contributed by atoms with Gasteiger partial charge in [0.25, 0.3) is 0 Å². The molecular weight excluding hydrogens is 226 g/mol. The van der Waals surface area contributed by atoms with E-state index in [0.29, 0.717) is 12.6 Å². The van der Waals surface area contributed by atoms with Gasteiger partial charge < -0.3 is 15.3 Å². The molecule has 7 heteroatoms. The normalized spacial score (nSPS) is 12.2. The van der Waals surface area contributed by atoms with Crippen LogP contribution in [0.4, 0.5) is 4.79 Å². The molecule has 0 saturated carbocycles. The highest BCUT2D eigenvalue weighted by Crippen LogP contribution is 1.97. The van der Waals surface area contributed by atoms with E-state index in [2.05, 4.69) is 28.9 Å². The number of carboxylic acids is 1. The van der Waals surface area contributed by atoms with Crippen molar-refractivity contribution in [2.75, 3.05) is 26.7 Å². The minimum absolute atomic E-state index is 0.461. The minimum Gasteiger partial charge on any atom is -0.479 e. The molecule has 7 nitrogen and oxygen atoms in total. The molecule has 0 aromatic carbocycles. The maximum absolute atomic E-state index is 11.1. The molecule has 0 spiro atoms. The second-order valence-corrected chi connectivity index (χ2v) is 3.78. The first-order valence-electron chi connectivity index (χ1n) is 5.55. The Hall–Kier alpha value is -1.34. The van der Waals surface area contributed by atoms with Crippen molar-refractivity contribution in [3.63, 3.8) is 0 Å². The van der Waals surface area contributed by atoms with Gasteiger partial charge >= 0.3 is 12.0 Å². The Kier molecular flexibility index (Phi) is 8.08. The third kappa shape index (κ3) is 8.47. The first kappa shape index (κ1) is 15.7. The standard InChI is InChI=1S/C10H21N3O4/c1-4-8(2)13(3)6-5-11-10(16)12-17-7-9(14)15/h8H,4-7H2,1-3H3,(H,14,15)(H2,11,12,16). The van der Waals surface area contributed by atoms with Crippen molar-refractivity contribution in [2.45, 2.75) is 26.3 Å². The van der Waals surface area contributed by atoms with Crippen molar-refractivity contribution in [2.24, 2.45) is 0 Å². The number of carboxylic acid groups (broad SMARTS) is 1. The predicted octanol–water partition coefficient (Wildman–Crippen LogP) is 0.0321. The molecule has 1 atom stereocenters. The highest BCUT2D eigenvalue weighted by atomic mass is 16.7. The molecule has 0 bridgehead atoms. The minimum atomic E-state index is -1.14. The topological polar surface area (TPSA) is 90.9 Å². The summed E-state index contributed by atoms with van der Waals surface area (Å²) in [5.41, 5.74) is 1.98. The number of nitrogens with one attached hydrogen (secondary N) is 2. The lowest BCUT2D eigenvalue weighted by Crippen LogP contribution is -2.41. The summed E-state index contributed by atoms with van der Waals surface area (Å²) >= 11 is 0. The second-order valence-electron chi connectivity index (χ2n) is 3.78. The van der Waals surface area contributed by atoms with E-state index in [1.54, 1.807) is 0 Å². The van der Waals surface area contributed by atoms with E-state index in [1.165, 1.54) is 0 Å². The van der Waals surface area contributed by atoms with Crippen molar-refractivity contribution in [3.8, 4) is 0 Å². The maximum Gasteiger partial charge on any atom is 0.338 e. The molecule has 0 heterocycles. The number of aliphatic carboxylic acids is 1. The summed E-state index contributed by atoms with van der Waals surface area (Å²) < 4.78 is 0. The van der Waals surface area contributed by atoms with Crippen LogP contribution in [0.2, 0.25) is 0 Å². The van der Waals surface area contributed by atoms with E-state index in [1.807, 2.05) is 12.5 Å². The number of hydrogen-bond acceptors (Lipinski definition) is 4. The Bertz CT molecular complexity index is 248. The van der Waals surface area contributed by atoms with E-state index in [9.17, 15) is 9.59 Å². The fourth-order valence-electron chi connectivity index (χ4n) is 1.08. The van der Waals surface area contributed by atoms with Crippen LogP contribution in [0.3, 0.4) is 0 Å². The molecule has 0 saturated heterocycles. The lowest BCUT2D eigenvalue weighted by molar-refractivity contribution is -0.144. The zero-order chi connectivity index (χ0) is 13.3. The summed E-state index contributed by atoms with van der Waals surface area (Å²) in [6.07, 6.45) is 1.05. The van der Waals surface area contributed by atoms with Crippen LogP contribution in [0.1, 0.15) is 20.3 Å². The lowest BCUT2D eigenvalue weighted by Gasteiger charge is -2.23. The number of carbonyl (C=O) groups is 2. The summed E-state index contributed by atoms with van der Waals surface area (Å²) in [7, 11) is 1.98. The molecule has 0 rings (SSSR count). The molecular formula is C10H21N3O4. The number of amides is 2. The molecule has 2 amide bonds. The van der Waals surface area contributed by atoms with Crippen molar-refractivity contribution < 1.29 is 19.5 Å². The van der Waals surface area contributed by atoms with Gasteiger partial charge in [0.15, 0.2) is 6.61 Å². The average molecular weight is 247 g/mol. The monoisotopic (exact) mass is 247 g/mol. The van der Waals surface area contributed by atoms with Crippen molar-refractivity contribution in [1.82, 2.24) is 15.7 Å². The average Bonchev–Trinajstić information content (AvgIpc) is 2.27. The molecule has 17 heavy (non-hydrogen) atoms. The van der Waals surface area contributed by atoms with Gasteiger partial charge in [0.1, 0.15) is 0 Å². The largest absolute Gasteiger partial charge is 0.479 e. The van der Waals surface area contributed by atoms with Crippen LogP contribution in [0.15, 0.2) is 0 Å². The molecule has 0 fully saturated rings. The Morgan fingerprint density at radius 2 is 2.12 bits per heavy atom. The van der Waals surface area contributed by atoms with Crippen LogP contribution < -0.4 is 10.8 Å². The zero-order valence-electron chi connectivity index (χ0n) is 10.5. The molecule has 0 aromatic heterocycles. The Labute approximate surface area is 101 Å². The van der Waals surface area contributed by atoms with Gasteiger partial charge in [-0.05, 0) is 20.4 Å². The van der Waals surface area contributed by atoms with Gasteiger partial charge in [-0.2, -0.15) is 0 Å². The van der Waals surface area contributed by atoms with Gasteiger partial charge in [-0.15, -0.1) is 0 Å². The van der Waals surface area contributed by atoms with E-state index < -0.39 is 18.6 Å². The van der Waals surface area contributed by atoms with E-state index >= 15 is 0 Å². The molecule has 1 unspecified atom stereocenters. The summed E-state index contributed by atoms with van der Waals surface area (Å²) in [5.74, 6) is -1.14. The number of nitrogens with zero attached hydrogens (tertiary/aromatic N) is 1. The lowest BCUT2D eigenvalue weighted by atomic mass is 10.2. The van der Waals surface area contributed by atoms with Crippen LogP contribution in [-0.4, -0.2) is 54.8 Å². The number of hydroxylamine groups is 1. The van der Waals surface area contributed by atoms with Crippen molar-refractivity contribution in [3.05, 3.63) is 0 Å². The number of rotatable bonds is 8. The van der Waals surface area contributed by atoms with Gasteiger partial charge in [-0.25, -0.2) is 15.1 Å². The molecule has 100 valence electrons. The van der Waals surface area contributed by atoms with Crippen LogP contribution >= 0.6 is 0 Å². The Morgan fingerprint density at radius 1 is 1.47 bits per heavy atom. The fraction of sp³-hybridized carbons (Fsp3) is 0.800. The maximum atomic E-state index is 11.1. The Morgan fingerprint density at radius 3 is 2.65 bits per heavy atom. The predicted molar refractivity (Wildman–Crippen MR) is 62.5 cm³/mol. The summed E-state index contributed by atoms with van der Waals surface area (Å²) in [6, 6.07) is -0.0769. The molecule has 0 aliphatic heterocycles. The zero-order valence-corrected chi connectivity index (χ0v) is 10.5. The fourth-order valence-corrected chi connectivity index (χ4v) is 1.08. The summed E-state index contributed by atoms with van der Waals surface area (Å²) in [5, 5.41) is 10.8. The number of urea groups is 1. The SMILES string of the molecule is CCC(C)N(C)CCNC(=O)NOCC(=O)O. The van der Waals surface area contributed by atoms with Crippen molar-refractivity contribution in [1.29, 1.82) is 0 Å². The van der Waals surface area contributed by atoms with Crippen LogP contribution in [0.5, 0.6) is 0 Å². The van der Waals surface area contributed by atoms with Crippen LogP contribution in [0.25, 0.3) is 0 Å². The highest BCUT2D eigenvalue weighted by molar-refractivity contribution is 5.73.